The second kappa shape index (κ2) is 11.5. The zero-order chi connectivity index (χ0) is 28.3. The van der Waals surface area contributed by atoms with Gasteiger partial charge in [0.05, 0.1) is 41.4 Å². The fourth-order valence-electron chi connectivity index (χ4n) is 3.71. The average molecular weight is 571 g/mol. The molecule has 0 unspecified atom stereocenters. The predicted octanol–water partition coefficient (Wildman–Crippen LogP) is 5.76. The van der Waals surface area contributed by atoms with Crippen LogP contribution in [0.25, 0.3) is 0 Å². The summed E-state index contributed by atoms with van der Waals surface area (Å²) in [6.07, 6.45) is -4.84. The van der Waals surface area contributed by atoms with E-state index in [2.05, 4.69) is 5.32 Å². The molecule has 0 aromatic heterocycles. The van der Waals surface area contributed by atoms with E-state index in [-0.39, 0.29) is 10.6 Å². The van der Waals surface area contributed by atoms with Gasteiger partial charge in [-0.3, -0.25) is 9.10 Å². The Kier molecular flexibility index (Phi) is 8.83. The molecular weight excluding hydrogens is 545 g/mol. The first-order chi connectivity index (χ1) is 17.8. The first-order valence-electron chi connectivity index (χ1n) is 11.3. The number of anilines is 1. The van der Waals surface area contributed by atoms with Crippen molar-refractivity contribution >= 4 is 33.2 Å². The SMILES string of the molecule is COc1ccc(OC)c([C@@H](C)NC(=O)CN(c2ccc(Cl)c(C(F)(F)F)c2)S(=O)(=O)c2ccc(C)cc2)c1. The van der Waals surface area contributed by atoms with Gasteiger partial charge in [-0.15, -0.1) is 0 Å². The summed E-state index contributed by atoms with van der Waals surface area (Å²) in [4.78, 5) is 12.9. The van der Waals surface area contributed by atoms with Gasteiger partial charge < -0.3 is 14.8 Å². The van der Waals surface area contributed by atoms with Gasteiger partial charge in [-0.1, -0.05) is 29.3 Å². The number of alkyl halides is 3. The van der Waals surface area contributed by atoms with Gasteiger partial charge in [0.25, 0.3) is 10.0 Å². The lowest BCUT2D eigenvalue weighted by Gasteiger charge is -2.26. The molecule has 0 saturated carbocycles. The summed E-state index contributed by atoms with van der Waals surface area (Å²) in [5.74, 6) is 0.197. The number of aryl methyl sites for hydroxylation is 1. The van der Waals surface area contributed by atoms with Crippen molar-refractivity contribution in [2.75, 3.05) is 25.1 Å². The minimum absolute atomic E-state index is 0.193. The molecule has 3 rings (SSSR count). The van der Waals surface area contributed by atoms with E-state index in [0.717, 1.165) is 17.7 Å². The lowest BCUT2D eigenvalue weighted by molar-refractivity contribution is -0.137. The van der Waals surface area contributed by atoms with Crippen LogP contribution in [0.5, 0.6) is 11.5 Å². The molecule has 38 heavy (non-hydrogen) atoms. The minimum atomic E-state index is -4.84. The standard InChI is InChI=1S/C26H26ClF3N2O5S/c1-16-5-9-20(10-6-16)38(34,35)32(18-7-11-23(27)22(13-18)26(28,29)30)15-25(33)31-17(2)21-14-19(36-3)8-12-24(21)37-4/h5-14,17H,15H2,1-4H3,(H,31,33)/t17-/m1/s1. The normalized spacial score (nSPS) is 12.5. The van der Waals surface area contributed by atoms with E-state index in [0.29, 0.717) is 27.4 Å². The van der Waals surface area contributed by atoms with Gasteiger partial charge in [-0.05, 0) is 62.4 Å². The highest BCUT2D eigenvalue weighted by molar-refractivity contribution is 7.92. The number of benzene rings is 3. The van der Waals surface area contributed by atoms with E-state index in [1.54, 1.807) is 44.2 Å². The van der Waals surface area contributed by atoms with Crippen molar-refractivity contribution in [2.24, 2.45) is 0 Å². The van der Waals surface area contributed by atoms with E-state index < -0.39 is 45.3 Å². The fraction of sp³-hybridized carbons (Fsp3) is 0.269. The molecule has 1 N–H and O–H groups in total. The van der Waals surface area contributed by atoms with Gasteiger partial charge in [0.1, 0.15) is 18.0 Å². The molecule has 0 aliphatic heterocycles. The summed E-state index contributed by atoms with van der Waals surface area (Å²) in [5, 5.41) is 2.08. The monoisotopic (exact) mass is 570 g/mol. The molecule has 0 fully saturated rings. The number of sulfonamides is 1. The van der Waals surface area contributed by atoms with Crippen molar-refractivity contribution in [1.29, 1.82) is 0 Å². The molecule has 3 aromatic carbocycles. The number of nitrogens with one attached hydrogen (secondary N) is 1. The Bertz CT molecular complexity index is 1410. The molecule has 204 valence electrons. The van der Waals surface area contributed by atoms with Crippen LogP contribution in [0.4, 0.5) is 18.9 Å². The second-order valence-electron chi connectivity index (χ2n) is 8.38. The van der Waals surface area contributed by atoms with Crippen LogP contribution < -0.4 is 19.1 Å². The van der Waals surface area contributed by atoms with Gasteiger partial charge in [-0.25, -0.2) is 8.42 Å². The van der Waals surface area contributed by atoms with E-state index in [4.69, 9.17) is 21.1 Å². The molecule has 0 saturated heterocycles. The van der Waals surface area contributed by atoms with Crippen LogP contribution in [0.3, 0.4) is 0 Å². The highest BCUT2D eigenvalue weighted by Gasteiger charge is 2.35. The number of carbonyl (C=O) groups is 1. The molecule has 0 heterocycles. The maximum absolute atomic E-state index is 13.6. The van der Waals surface area contributed by atoms with Gasteiger partial charge in [0.2, 0.25) is 5.91 Å². The van der Waals surface area contributed by atoms with Gasteiger partial charge in [-0.2, -0.15) is 13.2 Å². The van der Waals surface area contributed by atoms with E-state index >= 15 is 0 Å². The summed E-state index contributed by atoms with van der Waals surface area (Å²) < 4.78 is 79.0. The molecule has 0 aliphatic carbocycles. The summed E-state index contributed by atoms with van der Waals surface area (Å²) in [6, 6.07) is 12.7. The third kappa shape index (κ3) is 6.51. The van der Waals surface area contributed by atoms with Gasteiger partial charge in [0.15, 0.2) is 0 Å². The number of halogens is 4. The smallest absolute Gasteiger partial charge is 0.417 e. The maximum atomic E-state index is 13.6. The third-order valence-corrected chi connectivity index (χ3v) is 7.84. The Morgan fingerprint density at radius 1 is 1.03 bits per heavy atom. The number of ether oxygens (including phenoxy) is 2. The fourth-order valence-corrected chi connectivity index (χ4v) is 5.35. The Morgan fingerprint density at radius 3 is 2.26 bits per heavy atom. The van der Waals surface area contributed by atoms with Crippen LogP contribution in [0, 0.1) is 6.92 Å². The lowest BCUT2D eigenvalue weighted by Crippen LogP contribution is -2.41. The first kappa shape index (κ1) is 29.1. The van der Waals surface area contributed by atoms with Crippen LogP contribution in [0.15, 0.2) is 65.6 Å². The molecule has 1 atom stereocenters. The molecule has 7 nitrogen and oxygen atoms in total. The van der Waals surface area contributed by atoms with Crippen molar-refractivity contribution in [2.45, 2.75) is 31.0 Å². The van der Waals surface area contributed by atoms with Crippen LogP contribution in [0.1, 0.15) is 29.7 Å². The second-order valence-corrected chi connectivity index (χ2v) is 10.7. The number of nitrogens with zero attached hydrogens (tertiary/aromatic N) is 1. The van der Waals surface area contributed by atoms with Gasteiger partial charge >= 0.3 is 6.18 Å². The number of hydrogen-bond acceptors (Lipinski definition) is 5. The third-order valence-electron chi connectivity index (χ3n) is 5.72. The molecule has 0 aliphatic rings. The number of amides is 1. The number of carbonyl (C=O) groups excluding carboxylic acids is 1. The van der Waals surface area contributed by atoms with Crippen LogP contribution in [-0.4, -0.2) is 35.1 Å². The van der Waals surface area contributed by atoms with Crippen molar-refractivity contribution in [3.8, 4) is 11.5 Å². The molecule has 1 amide bonds. The van der Waals surface area contributed by atoms with E-state index in [1.807, 2.05) is 0 Å². The first-order valence-corrected chi connectivity index (χ1v) is 13.1. The topological polar surface area (TPSA) is 84.9 Å². The Balaban J connectivity index is 2.01. The van der Waals surface area contributed by atoms with Crippen molar-refractivity contribution in [3.05, 3.63) is 82.4 Å². The zero-order valence-corrected chi connectivity index (χ0v) is 22.5. The number of methoxy groups -OCH3 is 2. The summed E-state index contributed by atoms with van der Waals surface area (Å²) in [5.41, 5.74) is -0.265. The summed E-state index contributed by atoms with van der Waals surface area (Å²) in [7, 11) is -1.52. The molecule has 0 radical (unpaired) electrons. The van der Waals surface area contributed by atoms with Crippen molar-refractivity contribution in [1.82, 2.24) is 5.32 Å². The largest absolute Gasteiger partial charge is 0.497 e. The van der Waals surface area contributed by atoms with Crippen LogP contribution in [-0.2, 0) is 21.0 Å². The molecule has 0 spiro atoms. The summed E-state index contributed by atoms with van der Waals surface area (Å²) >= 11 is 5.74. The van der Waals surface area contributed by atoms with Crippen LogP contribution >= 0.6 is 11.6 Å². The van der Waals surface area contributed by atoms with E-state index in [9.17, 15) is 26.4 Å². The van der Waals surface area contributed by atoms with Crippen molar-refractivity contribution in [3.63, 3.8) is 0 Å². The Morgan fingerprint density at radius 2 is 1.68 bits per heavy atom. The predicted molar refractivity (Wildman–Crippen MR) is 138 cm³/mol. The quantitative estimate of drug-likeness (QED) is 0.354. The number of rotatable bonds is 9. The highest BCUT2D eigenvalue weighted by atomic mass is 35.5. The molecular formula is C26H26ClF3N2O5S. The minimum Gasteiger partial charge on any atom is -0.497 e. The number of hydrogen-bond donors (Lipinski definition) is 1. The highest BCUT2D eigenvalue weighted by Crippen LogP contribution is 2.38. The maximum Gasteiger partial charge on any atom is 0.417 e. The molecule has 12 heteroatoms. The average Bonchev–Trinajstić information content (AvgIpc) is 2.86. The van der Waals surface area contributed by atoms with E-state index in [1.165, 1.54) is 26.4 Å². The van der Waals surface area contributed by atoms with Gasteiger partial charge in [0, 0.05) is 5.56 Å². The molecule has 3 aromatic rings. The zero-order valence-electron chi connectivity index (χ0n) is 21.0. The van der Waals surface area contributed by atoms with Crippen molar-refractivity contribution < 1.29 is 35.9 Å². The Labute approximate surface area is 224 Å². The lowest BCUT2D eigenvalue weighted by atomic mass is 10.1. The Hall–Kier alpha value is -3.44. The molecule has 0 bridgehead atoms. The van der Waals surface area contributed by atoms with Crippen LogP contribution in [0.2, 0.25) is 5.02 Å². The summed E-state index contributed by atoms with van der Waals surface area (Å²) in [6.45, 7) is 2.61.